The van der Waals surface area contributed by atoms with Crippen LogP contribution in [0.15, 0.2) is 65.9 Å². The van der Waals surface area contributed by atoms with E-state index in [-0.39, 0.29) is 5.76 Å². The van der Waals surface area contributed by atoms with Crippen molar-refractivity contribution in [1.29, 1.82) is 0 Å². The number of hydrogen-bond donors (Lipinski definition) is 1. The topological polar surface area (TPSA) is 33.1 Å². The Morgan fingerprint density at radius 1 is 1.25 bits per heavy atom. The van der Waals surface area contributed by atoms with E-state index in [1.54, 1.807) is 35.3 Å². The molecule has 1 heterocycles. The predicted molar refractivity (Wildman–Crippen MR) is 110 cm³/mol. The van der Waals surface area contributed by atoms with Crippen LogP contribution >= 0.6 is 23.1 Å². The van der Waals surface area contributed by atoms with Crippen molar-refractivity contribution < 1.29 is 5.11 Å². The number of thioether (sulfide) groups is 1. The summed E-state index contributed by atoms with van der Waals surface area (Å²) < 4.78 is 0. The summed E-state index contributed by atoms with van der Waals surface area (Å²) >= 11 is 3.46. The average molecular weight is 360 g/mol. The molecule has 0 aliphatic heterocycles. The van der Waals surface area contributed by atoms with Gasteiger partial charge in [-0.25, -0.2) is 4.98 Å². The first kappa shape index (κ1) is 20.3. The molecule has 0 saturated heterocycles. The molecule has 0 aromatic carbocycles. The molecule has 0 bridgehead atoms. The third-order valence-electron chi connectivity index (χ3n) is 3.08. The van der Waals surface area contributed by atoms with E-state index in [0.717, 1.165) is 26.9 Å². The summed E-state index contributed by atoms with van der Waals surface area (Å²) in [5.41, 5.74) is 2.11. The number of aliphatic hydroxyl groups is 1. The first-order chi connectivity index (χ1) is 11.5. The van der Waals surface area contributed by atoms with E-state index >= 15 is 0 Å². The van der Waals surface area contributed by atoms with Gasteiger partial charge in [-0.3, -0.25) is 0 Å². The number of aliphatic hydroxyl groups excluding tert-OH is 1. The lowest BCUT2D eigenvalue weighted by Crippen LogP contribution is -1.81. The molecule has 128 valence electrons. The van der Waals surface area contributed by atoms with Crippen LogP contribution in [0.25, 0.3) is 5.57 Å². The number of nitrogens with zero attached hydrogens (tertiary/aromatic N) is 1. The molecule has 0 spiro atoms. The highest BCUT2D eigenvalue weighted by molar-refractivity contribution is 8.02. The third kappa shape index (κ3) is 6.77. The van der Waals surface area contributed by atoms with Crippen LogP contribution in [0.2, 0.25) is 0 Å². The monoisotopic (exact) mass is 359 g/mol. The fourth-order valence-corrected chi connectivity index (χ4v) is 3.79. The fourth-order valence-electron chi connectivity index (χ4n) is 1.77. The lowest BCUT2D eigenvalue weighted by atomic mass is 10.2. The van der Waals surface area contributed by atoms with Gasteiger partial charge in [0.25, 0.3) is 0 Å². The number of allylic oxidation sites excluding steroid dienone is 10. The normalized spacial score (nSPS) is 14.1. The maximum atomic E-state index is 9.58. The predicted octanol–water partition coefficient (Wildman–Crippen LogP) is 6.75. The minimum Gasteiger partial charge on any atom is -0.508 e. The molecule has 0 radical (unpaired) electrons. The van der Waals surface area contributed by atoms with Crippen molar-refractivity contribution >= 4 is 28.7 Å². The number of aromatic nitrogens is 1. The van der Waals surface area contributed by atoms with Crippen LogP contribution in [0.5, 0.6) is 0 Å². The summed E-state index contributed by atoms with van der Waals surface area (Å²) in [6.45, 7) is 11.8. The Bertz CT molecular complexity index is 703. The molecule has 0 atom stereocenters. The van der Waals surface area contributed by atoms with Gasteiger partial charge in [0.15, 0.2) is 0 Å². The number of thiazole rings is 1. The maximum absolute atomic E-state index is 9.58. The smallest absolute Gasteiger partial charge is 0.123 e. The Balaban J connectivity index is 2.81. The fraction of sp³-hybridized carbons (Fsp3) is 0.250. The highest BCUT2D eigenvalue weighted by Crippen LogP contribution is 2.30. The molecule has 0 amide bonds. The summed E-state index contributed by atoms with van der Waals surface area (Å²) in [5, 5.41) is 10.6. The quantitative estimate of drug-likeness (QED) is 0.411. The van der Waals surface area contributed by atoms with Gasteiger partial charge in [-0.05, 0) is 50.8 Å². The lowest BCUT2D eigenvalue weighted by molar-refractivity contribution is 0.432. The second kappa shape index (κ2) is 10.9. The molecule has 4 heteroatoms. The number of aryl methyl sites for hydroxylation is 1. The van der Waals surface area contributed by atoms with Crippen molar-refractivity contribution in [3.63, 3.8) is 0 Å². The van der Waals surface area contributed by atoms with E-state index in [2.05, 4.69) is 11.6 Å². The van der Waals surface area contributed by atoms with Crippen LogP contribution in [0.4, 0.5) is 0 Å². The Labute approximate surface area is 153 Å². The van der Waals surface area contributed by atoms with Gasteiger partial charge >= 0.3 is 0 Å². The zero-order chi connectivity index (χ0) is 17.9. The first-order valence-electron chi connectivity index (χ1n) is 7.77. The van der Waals surface area contributed by atoms with E-state index in [1.807, 2.05) is 64.2 Å². The zero-order valence-electron chi connectivity index (χ0n) is 14.7. The van der Waals surface area contributed by atoms with Crippen molar-refractivity contribution in [1.82, 2.24) is 4.98 Å². The molecule has 0 aliphatic rings. The van der Waals surface area contributed by atoms with Gasteiger partial charge in [-0.2, -0.15) is 0 Å². The minimum absolute atomic E-state index is 0.262. The second-order valence-corrected chi connectivity index (χ2v) is 7.34. The molecule has 0 saturated carbocycles. The molecule has 1 rings (SSSR count). The minimum atomic E-state index is 0.262. The van der Waals surface area contributed by atoms with Gasteiger partial charge in [-0.15, -0.1) is 23.1 Å². The second-order valence-electron chi connectivity index (χ2n) is 5.04. The molecule has 0 aliphatic carbocycles. The van der Waals surface area contributed by atoms with Gasteiger partial charge in [0.05, 0.1) is 5.69 Å². The van der Waals surface area contributed by atoms with Gasteiger partial charge in [0.1, 0.15) is 10.8 Å². The van der Waals surface area contributed by atoms with E-state index in [1.165, 1.54) is 4.88 Å². The van der Waals surface area contributed by atoms with Crippen LogP contribution in [-0.4, -0.2) is 10.1 Å². The molecule has 1 N–H and O–H groups in total. The van der Waals surface area contributed by atoms with Gasteiger partial charge in [-0.1, -0.05) is 37.0 Å². The van der Waals surface area contributed by atoms with Crippen molar-refractivity contribution in [2.75, 3.05) is 0 Å². The largest absolute Gasteiger partial charge is 0.508 e. The molecular weight excluding hydrogens is 334 g/mol. The highest BCUT2D eigenvalue weighted by atomic mass is 32.2. The molecule has 0 unspecified atom stereocenters. The van der Waals surface area contributed by atoms with E-state index < -0.39 is 0 Å². The van der Waals surface area contributed by atoms with Crippen LogP contribution < -0.4 is 0 Å². The van der Waals surface area contributed by atoms with Gasteiger partial charge in [0, 0.05) is 16.2 Å². The molecule has 24 heavy (non-hydrogen) atoms. The van der Waals surface area contributed by atoms with Crippen LogP contribution in [0.1, 0.15) is 36.3 Å². The Hall–Kier alpha value is -1.78. The SMILES string of the molecule is C=C/C(=C\C=C/C)c1nc(C)c(CS/C(C)=C/C=C(O)\C=C/C)s1. The van der Waals surface area contributed by atoms with Gasteiger partial charge in [0.2, 0.25) is 0 Å². The van der Waals surface area contributed by atoms with Crippen LogP contribution in [0.3, 0.4) is 0 Å². The summed E-state index contributed by atoms with van der Waals surface area (Å²) in [7, 11) is 0. The lowest BCUT2D eigenvalue weighted by Gasteiger charge is -1.99. The van der Waals surface area contributed by atoms with Crippen LogP contribution in [-0.2, 0) is 5.75 Å². The standard InChI is InChI=1S/C20H25NOS2/c1-6-9-11-17(8-3)20-21-16(5)19(24-20)14-23-15(4)12-13-18(22)10-7-2/h6-13,22H,3,14H2,1-2,4-5H3/b9-6-,10-7-,15-12+,17-11+,18-13+. The summed E-state index contributed by atoms with van der Waals surface area (Å²) in [6.07, 6.45) is 15.0. The molecule has 0 fully saturated rings. The average Bonchev–Trinajstić information content (AvgIpc) is 2.93. The zero-order valence-corrected chi connectivity index (χ0v) is 16.4. The summed E-state index contributed by atoms with van der Waals surface area (Å²) in [4.78, 5) is 7.07. The summed E-state index contributed by atoms with van der Waals surface area (Å²) in [5.74, 6) is 1.14. The summed E-state index contributed by atoms with van der Waals surface area (Å²) in [6, 6.07) is 0. The third-order valence-corrected chi connectivity index (χ3v) is 5.50. The Kier molecular flexibility index (Phi) is 9.20. The Morgan fingerprint density at radius 3 is 2.62 bits per heavy atom. The highest BCUT2D eigenvalue weighted by Gasteiger charge is 2.09. The molecule has 1 aromatic rings. The first-order valence-corrected chi connectivity index (χ1v) is 9.57. The van der Waals surface area contributed by atoms with Crippen molar-refractivity contribution in [2.24, 2.45) is 0 Å². The van der Waals surface area contributed by atoms with E-state index in [9.17, 15) is 5.11 Å². The van der Waals surface area contributed by atoms with E-state index in [4.69, 9.17) is 0 Å². The molecular formula is C20H25NOS2. The maximum Gasteiger partial charge on any atom is 0.123 e. The van der Waals surface area contributed by atoms with Crippen molar-refractivity contribution in [3.05, 3.63) is 81.4 Å². The van der Waals surface area contributed by atoms with Crippen molar-refractivity contribution in [3.8, 4) is 0 Å². The van der Waals surface area contributed by atoms with Crippen molar-refractivity contribution in [2.45, 2.75) is 33.4 Å². The number of rotatable bonds is 8. The Morgan fingerprint density at radius 2 is 2.00 bits per heavy atom. The number of hydrogen-bond acceptors (Lipinski definition) is 4. The van der Waals surface area contributed by atoms with E-state index in [0.29, 0.717) is 0 Å². The molecule has 1 aromatic heterocycles. The van der Waals surface area contributed by atoms with Crippen LogP contribution in [0, 0.1) is 6.92 Å². The molecule has 2 nitrogen and oxygen atoms in total. The van der Waals surface area contributed by atoms with Gasteiger partial charge < -0.3 is 5.11 Å².